The molecule has 166 valence electrons. The second kappa shape index (κ2) is 7.73. The Bertz CT molecular complexity index is 1280. The van der Waals surface area contributed by atoms with Crippen LogP contribution in [0.4, 0.5) is 5.69 Å². The first-order valence-corrected chi connectivity index (χ1v) is 11.3. The maximum Gasteiger partial charge on any atom is 0.198 e. The van der Waals surface area contributed by atoms with Crippen molar-refractivity contribution in [2.75, 3.05) is 18.5 Å². The van der Waals surface area contributed by atoms with E-state index in [1.165, 1.54) is 11.3 Å². The van der Waals surface area contributed by atoms with Crippen molar-refractivity contribution in [1.29, 1.82) is 0 Å². The lowest BCUT2D eigenvalue weighted by molar-refractivity contribution is 0.0987. The smallest absolute Gasteiger partial charge is 0.198 e. The van der Waals surface area contributed by atoms with Crippen LogP contribution < -0.4 is 4.90 Å². The zero-order valence-electron chi connectivity index (χ0n) is 19.4. The van der Waals surface area contributed by atoms with E-state index in [-0.39, 0.29) is 22.6 Å². The summed E-state index contributed by atoms with van der Waals surface area (Å²) in [7, 11) is 2.11. The fraction of sp³-hybridized carbons (Fsp3) is 0.241. The molecule has 0 saturated carbocycles. The molecule has 0 unspecified atom stereocenters. The highest BCUT2D eigenvalue weighted by Gasteiger charge is 2.36. The van der Waals surface area contributed by atoms with Gasteiger partial charge in [-0.3, -0.25) is 9.59 Å². The minimum Gasteiger partial charge on any atom is -0.461 e. The van der Waals surface area contributed by atoms with Crippen LogP contribution in [0, 0.1) is 5.41 Å². The van der Waals surface area contributed by atoms with E-state index in [9.17, 15) is 9.59 Å². The number of benzene rings is 2. The van der Waals surface area contributed by atoms with Gasteiger partial charge in [-0.05, 0) is 53.5 Å². The number of hydrogen-bond donors (Lipinski definition) is 0. The third-order valence-corrected chi connectivity index (χ3v) is 6.38. The van der Waals surface area contributed by atoms with E-state index in [4.69, 9.17) is 4.74 Å². The summed E-state index contributed by atoms with van der Waals surface area (Å²) in [6.45, 7) is 7.20. The number of hydrogen-bond acceptors (Lipinski definition) is 4. The van der Waals surface area contributed by atoms with E-state index >= 15 is 0 Å². The van der Waals surface area contributed by atoms with Crippen LogP contribution in [0.1, 0.15) is 52.6 Å². The number of Topliss-reactive ketones (excluding diaryl/α,β-unsaturated/α-hetero) is 2. The molecule has 5 rings (SSSR count). The van der Waals surface area contributed by atoms with Crippen LogP contribution in [0.2, 0.25) is 0 Å². The van der Waals surface area contributed by atoms with Crippen molar-refractivity contribution in [3.63, 3.8) is 0 Å². The predicted octanol–water partition coefficient (Wildman–Crippen LogP) is 5.91. The van der Waals surface area contributed by atoms with Gasteiger partial charge < -0.3 is 9.64 Å². The van der Waals surface area contributed by atoms with Crippen molar-refractivity contribution in [1.82, 2.24) is 0 Å². The summed E-state index contributed by atoms with van der Waals surface area (Å²) in [5.41, 5.74) is 5.19. The molecule has 0 fully saturated rings. The summed E-state index contributed by atoms with van der Waals surface area (Å²) in [6, 6.07) is 13.5. The zero-order chi connectivity index (χ0) is 23.3. The number of allylic oxidation sites excluding steroid dienone is 6. The van der Waals surface area contributed by atoms with Crippen molar-refractivity contribution in [3.05, 3.63) is 106 Å². The third kappa shape index (κ3) is 3.76. The third-order valence-electron chi connectivity index (χ3n) is 6.38. The summed E-state index contributed by atoms with van der Waals surface area (Å²) >= 11 is 0. The first-order chi connectivity index (χ1) is 15.7. The monoisotopic (exact) mass is 437 g/mol. The first-order valence-electron chi connectivity index (χ1n) is 11.3. The molecule has 2 aromatic carbocycles. The number of nitrogens with zero attached hydrogens (tertiary/aromatic N) is 1. The lowest BCUT2D eigenvalue weighted by atomic mass is 9.89. The molecule has 0 N–H and O–H groups in total. The Labute approximate surface area is 194 Å². The number of anilines is 1. The van der Waals surface area contributed by atoms with Gasteiger partial charge in [-0.2, -0.15) is 0 Å². The molecule has 0 saturated heterocycles. The summed E-state index contributed by atoms with van der Waals surface area (Å²) in [5.74, 6) is 0.886. The lowest BCUT2D eigenvalue weighted by Gasteiger charge is -2.27. The quantitative estimate of drug-likeness (QED) is 0.433. The van der Waals surface area contributed by atoms with Crippen molar-refractivity contribution in [2.24, 2.45) is 5.41 Å². The van der Waals surface area contributed by atoms with Crippen molar-refractivity contribution >= 4 is 23.3 Å². The van der Waals surface area contributed by atoms with E-state index in [0.29, 0.717) is 22.5 Å². The lowest BCUT2D eigenvalue weighted by Crippen LogP contribution is -2.16. The van der Waals surface area contributed by atoms with Gasteiger partial charge in [-0.25, -0.2) is 0 Å². The maximum absolute atomic E-state index is 13.1. The molecule has 2 aromatic rings. The van der Waals surface area contributed by atoms with Gasteiger partial charge in [-0.15, -0.1) is 0 Å². The largest absolute Gasteiger partial charge is 0.461 e. The Balaban J connectivity index is 1.54. The summed E-state index contributed by atoms with van der Waals surface area (Å²) in [6.07, 6.45) is 8.61. The number of carbonyl (C=O) groups is 2. The van der Waals surface area contributed by atoms with Gasteiger partial charge >= 0.3 is 0 Å². The van der Waals surface area contributed by atoms with Gasteiger partial charge in [0, 0.05) is 35.8 Å². The molecule has 1 aliphatic carbocycles. The Morgan fingerprint density at radius 1 is 0.939 bits per heavy atom. The second-order valence-electron chi connectivity index (χ2n) is 9.83. The Hall–Kier alpha value is -3.66. The van der Waals surface area contributed by atoms with E-state index < -0.39 is 0 Å². The second-order valence-corrected chi connectivity index (χ2v) is 9.83. The van der Waals surface area contributed by atoms with Gasteiger partial charge in [0.1, 0.15) is 11.5 Å². The number of carbonyl (C=O) groups excluding carboxylic acids is 2. The predicted molar refractivity (Wildman–Crippen MR) is 131 cm³/mol. The van der Waals surface area contributed by atoms with Crippen molar-refractivity contribution in [3.8, 4) is 0 Å². The van der Waals surface area contributed by atoms with E-state index in [2.05, 4.69) is 50.9 Å². The molecule has 3 aliphatic rings. The molecule has 2 aliphatic heterocycles. The molecule has 4 nitrogen and oxygen atoms in total. The molecule has 2 heterocycles. The zero-order valence-corrected chi connectivity index (χ0v) is 19.4. The number of rotatable bonds is 2. The normalized spacial score (nSPS) is 17.9. The fourth-order valence-corrected chi connectivity index (χ4v) is 4.50. The maximum atomic E-state index is 13.1. The minimum absolute atomic E-state index is 0.215. The number of likely N-dealkylation sites (N-methyl/N-ethyl adjacent to an activating group) is 1. The highest BCUT2D eigenvalue weighted by molar-refractivity contribution is 6.40. The van der Waals surface area contributed by atoms with Crippen LogP contribution in [-0.4, -0.2) is 25.2 Å². The van der Waals surface area contributed by atoms with Gasteiger partial charge in [0.2, 0.25) is 0 Å². The topological polar surface area (TPSA) is 46.6 Å². The highest BCUT2D eigenvalue weighted by atomic mass is 16.5. The molecule has 0 bridgehead atoms. The van der Waals surface area contributed by atoms with Gasteiger partial charge in [0.05, 0.1) is 5.57 Å². The van der Waals surface area contributed by atoms with E-state index in [0.717, 1.165) is 24.3 Å². The van der Waals surface area contributed by atoms with Gasteiger partial charge in [0.25, 0.3) is 0 Å². The SMILES string of the molecule is CN1CCc2cc(C=CC3=CC(=C4C(=O)c5ccccc5C4=O)C=C(C(C)(C)C)O3)ccc21. The van der Waals surface area contributed by atoms with Crippen molar-refractivity contribution in [2.45, 2.75) is 27.2 Å². The molecule has 0 atom stereocenters. The van der Waals surface area contributed by atoms with Crippen LogP contribution in [0.5, 0.6) is 0 Å². The van der Waals surface area contributed by atoms with Crippen LogP contribution in [0.15, 0.2) is 83.4 Å². The molecule has 33 heavy (non-hydrogen) atoms. The molecule has 0 radical (unpaired) electrons. The molecular weight excluding hydrogens is 410 g/mol. The Morgan fingerprint density at radius 2 is 1.64 bits per heavy atom. The summed E-state index contributed by atoms with van der Waals surface area (Å²) < 4.78 is 6.19. The van der Waals surface area contributed by atoms with Crippen molar-refractivity contribution < 1.29 is 14.3 Å². The van der Waals surface area contributed by atoms with Crippen LogP contribution in [-0.2, 0) is 11.2 Å². The van der Waals surface area contributed by atoms with Crippen LogP contribution in [0.25, 0.3) is 6.08 Å². The molecule has 0 amide bonds. The average molecular weight is 438 g/mol. The number of fused-ring (bicyclic) bond motifs is 2. The molecule has 0 aromatic heterocycles. The summed E-state index contributed by atoms with van der Waals surface area (Å²) in [4.78, 5) is 28.4. The first kappa shape index (κ1) is 21.2. The molecular formula is C29H27NO3. The van der Waals surface area contributed by atoms with E-state index in [1.54, 1.807) is 30.3 Å². The van der Waals surface area contributed by atoms with Gasteiger partial charge in [-0.1, -0.05) is 57.2 Å². The Morgan fingerprint density at radius 3 is 2.30 bits per heavy atom. The van der Waals surface area contributed by atoms with Crippen LogP contribution >= 0.6 is 0 Å². The van der Waals surface area contributed by atoms with E-state index in [1.807, 2.05) is 18.2 Å². The van der Waals surface area contributed by atoms with Gasteiger partial charge in [0.15, 0.2) is 11.6 Å². The number of ether oxygens (including phenoxy) is 1. The van der Waals surface area contributed by atoms with Crippen LogP contribution in [0.3, 0.4) is 0 Å². The summed E-state index contributed by atoms with van der Waals surface area (Å²) in [5, 5.41) is 0. The fourth-order valence-electron chi connectivity index (χ4n) is 4.50. The standard InChI is InChI=1S/C29H27NO3/c1-29(2,3)25-17-20(26-27(31)22-7-5-6-8-23(22)28(26)32)16-21(33-25)11-9-18-10-12-24-19(15-18)13-14-30(24)4/h5-12,15-17H,13-14H2,1-4H3. The minimum atomic E-state index is -0.283. The highest BCUT2D eigenvalue weighted by Crippen LogP contribution is 2.37. The average Bonchev–Trinajstić information content (AvgIpc) is 3.28. The number of ketones is 2. The molecule has 0 spiro atoms. The Kier molecular flexibility index (Phi) is 4.97. The molecule has 4 heteroatoms.